The summed E-state index contributed by atoms with van der Waals surface area (Å²) in [6.45, 7) is 0. The van der Waals surface area contributed by atoms with Gasteiger partial charge in [-0.15, -0.1) is 0 Å². The Balaban J connectivity index is 2.23. The standard InChI is InChI=1S/C18H17F3O2/c1-22-15-10-11-17(23-2)14(12-15)8-5-7-13-6-3-4-9-16(13)18(19,20)21/h3-7,9-12H,8H2,1-2H3/b7-5+. The predicted octanol–water partition coefficient (Wildman–Crippen LogP) is 4.98. The molecule has 2 aromatic rings. The van der Waals surface area contributed by atoms with E-state index in [1.807, 2.05) is 0 Å². The Morgan fingerprint density at radius 1 is 1.00 bits per heavy atom. The molecule has 23 heavy (non-hydrogen) atoms. The molecule has 0 aliphatic heterocycles. The first-order valence-corrected chi connectivity index (χ1v) is 6.99. The van der Waals surface area contributed by atoms with Crippen molar-refractivity contribution in [2.24, 2.45) is 0 Å². The number of ether oxygens (including phenoxy) is 2. The summed E-state index contributed by atoms with van der Waals surface area (Å²) >= 11 is 0. The van der Waals surface area contributed by atoms with Crippen molar-refractivity contribution in [1.82, 2.24) is 0 Å². The van der Waals surface area contributed by atoms with Gasteiger partial charge in [-0.3, -0.25) is 0 Å². The Kier molecular flexibility index (Phi) is 5.32. The maximum Gasteiger partial charge on any atom is 0.416 e. The van der Waals surface area contributed by atoms with Gasteiger partial charge in [0.25, 0.3) is 0 Å². The monoisotopic (exact) mass is 322 g/mol. The third kappa shape index (κ3) is 4.28. The van der Waals surface area contributed by atoms with Crippen LogP contribution in [0.3, 0.4) is 0 Å². The van der Waals surface area contributed by atoms with Crippen molar-refractivity contribution < 1.29 is 22.6 Å². The van der Waals surface area contributed by atoms with E-state index in [2.05, 4.69) is 0 Å². The van der Waals surface area contributed by atoms with Gasteiger partial charge in [0.05, 0.1) is 19.8 Å². The van der Waals surface area contributed by atoms with Crippen LogP contribution < -0.4 is 9.47 Å². The Bertz CT molecular complexity index is 691. The maximum atomic E-state index is 12.9. The van der Waals surface area contributed by atoms with Crippen LogP contribution in [0.15, 0.2) is 48.5 Å². The molecule has 0 heterocycles. The van der Waals surface area contributed by atoms with Crippen LogP contribution in [0.4, 0.5) is 13.2 Å². The van der Waals surface area contributed by atoms with Crippen LogP contribution in [0.5, 0.6) is 11.5 Å². The summed E-state index contributed by atoms with van der Waals surface area (Å²) < 4.78 is 49.2. The summed E-state index contributed by atoms with van der Waals surface area (Å²) in [5.74, 6) is 1.34. The second kappa shape index (κ2) is 7.22. The number of benzene rings is 2. The molecule has 0 aliphatic carbocycles. The van der Waals surface area contributed by atoms with Crippen LogP contribution in [0, 0.1) is 0 Å². The lowest BCUT2D eigenvalue weighted by Crippen LogP contribution is -2.06. The molecule has 0 radical (unpaired) electrons. The zero-order valence-electron chi connectivity index (χ0n) is 12.9. The molecule has 0 aromatic heterocycles. The average Bonchev–Trinajstić information content (AvgIpc) is 2.54. The first-order chi connectivity index (χ1) is 11.0. The van der Waals surface area contributed by atoms with E-state index in [1.54, 1.807) is 44.6 Å². The number of allylic oxidation sites excluding steroid dienone is 1. The SMILES string of the molecule is COc1ccc(OC)c(C/C=C/c2ccccc2C(F)(F)F)c1. The highest BCUT2D eigenvalue weighted by molar-refractivity contribution is 5.55. The largest absolute Gasteiger partial charge is 0.497 e. The zero-order valence-corrected chi connectivity index (χ0v) is 12.9. The lowest BCUT2D eigenvalue weighted by atomic mass is 10.0. The minimum atomic E-state index is -4.37. The Hall–Kier alpha value is -2.43. The van der Waals surface area contributed by atoms with Gasteiger partial charge in [-0.25, -0.2) is 0 Å². The van der Waals surface area contributed by atoms with Crippen LogP contribution >= 0.6 is 0 Å². The van der Waals surface area contributed by atoms with Crippen molar-refractivity contribution in [3.05, 3.63) is 65.2 Å². The molecular weight excluding hydrogens is 305 g/mol. The fraction of sp³-hybridized carbons (Fsp3) is 0.222. The lowest BCUT2D eigenvalue weighted by Gasteiger charge is -2.10. The van der Waals surface area contributed by atoms with Gasteiger partial charge in [0.1, 0.15) is 11.5 Å². The fourth-order valence-electron chi connectivity index (χ4n) is 2.25. The van der Waals surface area contributed by atoms with Gasteiger partial charge in [-0.1, -0.05) is 30.4 Å². The highest BCUT2D eigenvalue weighted by Gasteiger charge is 2.32. The molecule has 0 bridgehead atoms. The molecule has 0 fully saturated rings. The second-order valence-electron chi connectivity index (χ2n) is 4.87. The summed E-state index contributed by atoms with van der Waals surface area (Å²) in [5, 5.41) is 0. The lowest BCUT2D eigenvalue weighted by molar-refractivity contribution is -0.137. The summed E-state index contributed by atoms with van der Waals surface area (Å²) in [5.41, 5.74) is 0.336. The predicted molar refractivity (Wildman–Crippen MR) is 83.7 cm³/mol. The normalized spacial score (nSPS) is 11.7. The van der Waals surface area contributed by atoms with Gasteiger partial charge in [-0.05, 0) is 36.2 Å². The maximum absolute atomic E-state index is 12.9. The van der Waals surface area contributed by atoms with Crippen molar-refractivity contribution in [1.29, 1.82) is 0 Å². The van der Waals surface area contributed by atoms with E-state index in [9.17, 15) is 13.2 Å². The summed E-state index contributed by atoms with van der Waals surface area (Å²) in [7, 11) is 3.11. The van der Waals surface area contributed by atoms with Gasteiger partial charge in [0, 0.05) is 5.56 Å². The first kappa shape index (κ1) is 16.9. The van der Waals surface area contributed by atoms with Gasteiger partial charge >= 0.3 is 6.18 Å². The molecule has 0 atom stereocenters. The Morgan fingerprint density at radius 2 is 1.74 bits per heavy atom. The molecule has 0 saturated carbocycles. The fourth-order valence-corrected chi connectivity index (χ4v) is 2.25. The summed E-state index contributed by atoms with van der Waals surface area (Å²) in [6.07, 6.45) is -0.773. The van der Waals surface area contributed by atoms with Crippen molar-refractivity contribution in [2.45, 2.75) is 12.6 Å². The van der Waals surface area contributed by atoms with Gasteiger partial charge < -0.3 is 9.47 Å². The Morgan fingerprint density at radius 3 is 2.39 bits per heavy atom. The highest BCUT2D eigenvalue weighted by atomic mass is 19.4. The molecule has 0 N–H and O–H groups in total. The molecular formula is C18H17F3O2. The number of halogens is 3. The molecule has 0 unspecified atom stereocenters. The molecule has 0 amide bonds. The number of alkyl halides is 3. The van der Waals surface area contributed by atoms with E-state index in [1.165, 1.54) is 18.2 Å². The highest BCUT2D eigenvalue weighted by Crippen LogP contribution is 2.32. The number of hydrogen-bond donors (Lipinski definition) is 0. The summed E-state index contributed by atoms with van der Waals surface area (Å²) in [4.78, 5) is 0. The van der Waals surface area contributed by atoms with E-state index in [-0.39, 0.29) is 5.56 Å². The third-order valence-corrected chi connectivity index (χ3v) is 3.39. The van der Waals surface area contributed by atoms with Crippen LogP contribution in [-0.2, 0) is 12.6 Å². The van der Waals surface area contributed by atoms with Gasteiger partial charge in [-0.2, -0.15) is 13.2 Å². The molecule has 122 valence electrons. The van der Waals surface area contributed by atoms with Crippen molar-refractivity contribution in [2.75, 3.05) is 14.2 Å². The number of rotatable bonds is 5. The van der Waals surface area contributed by atoms with Crippen LogP contribution in [0.1, 0.15) is 16.7 Å². The number of methoxy groups -OCH3 is 2. The third-order valence-electron chi connectivity index (χ3n) is 3.39. The summed E-state index contributed by atoms with van der Waals surface area (Å²) in [6, 6.07) is 10.8. The smallest absolute Gasteiger partial charge is 0.416 e. The Labute approximate surface area is 133 Å². The minimum absolute atomic E-state index is 0.141. The van der Waals surface area contributed by atoms with E-state index in [4.69, 9.17) is 9.47 Å². The molecule has 0 saturated heterocycles. The molecule has 5 heteroatoms. The number of hydrogen-bond acceptors (Lipinski definition) is 2. The molecule has 2 rings (SSSR count). The van der Waals surface area contributed by atoms with E-state index in [0.29, 0.717) is 17.9 Å². The van der Waals surface area contributed by atoms with E-state index in [0.717, 1.165) is 11.6 Å². The average molecular weight is 322 g/mol. The molecule has 2 aromatic carbocycles. The van der Waals surface area contributed by atoms with E-state index >= 15 is 0 Å². The van der Waals surface area contributed by atoms with Crippen LogP contribution in [0.25, 0.3) is 6.08 Å². The van der Waals surface area contributed by atoms with Crippen LogP contribution in [0.2, 0.25) is 0 Å². The second-order valence-corrected chi connectivity index (χ2v) is 4.87. The molecule has 0 spiro atoms. The van der Waals surface area contributed by atoms with Crippen LogP contribution in [-0.4, -0.2) is 14.2 Å². The van der Waals surface area contributed by atoms with Crippen molar-refractivity contribution in [3.63, 3.8) is 0 Å². The molecule has 2 nitrogen and oxygen atoms in total. The zero-order chi connectivity index (χ0) is 16.9. The van der Waals surface area contributed by atoms with Gasteiger partial charge in [0.2, 0.25) is 0 Å². The van der Waals surface area contributed by atoms with Crippen molar-refractivity contribution in [3.8, 4) is 11.5 Å². The van der Waals surface area contributed by atoms with E-state index < -0.39 is 11.7 Å². The minimum Gasteiger partial charge on any atom is -0.497 e. The first-order valence-electron chi connectivity index (χ1n) is 6.99. The van der Waals surface area contributed by atoms with Crippen molar-refractivity contribution >= 4 is 6.08 Å². The topological polar surface area (TPSA) is 18.5 Å². The van der Waals surface area contributed by atoms with Gasteiger partial charge in [0.15, 0.2) is 0 Å². The quantitative estimate of drug-likeness (QED) is 0.773. The molecule has 0 aliphatic rings.